The van der Waals surface area contributed by atoms with E-state index in [-0.39, 0.29) is 0 Å². The fourth-order valence-electron chi connectivity index (χ4n) is 2.13. The summed E-state index contributed by atoms with van der Waals surface area (Å²) in [5, 5.41) is 0. The molecule has 17 heavy (non-hydrogen) atoms. The van der Waals surface area contributed by atoms with E-state index in [4.69, 9.17) is 0 Å². The molecule has 0 aromatic heterocycles. The highest BCUT2D eigenvalue weighted by Crippen LogP contribution is 2.20. The molecule has 0 heterocycles. The third-order valence-corrected chi connectivity index (χ3v) is 4.62. The molecule has 0 aliphatic carbocycles. The van der Waals surface area contributed by atoms with Gasteiger partial charge in [0.15, 0.2) is 0 Å². The van der Waals surface area contributed by atoms with Crippen molar-refractivity contribution in [1.29, 1.82) is 0 Å². The highest BCUT2D eigenvalue weighted by molar-refractivity contribution is 7.98. The van der Waals surface area contributed by atoms with E-state index in [0.717, 1.165) is 17.4 Å². The van der Waals surface area contributed by atoms with Gasteiger partial charge in [-0.1, -0.05) is 42.7 Å². The Kier molecular flexibility index (Phi) is 7.14. The summed E-state index contributed by atoms with van der Waals surface area (Å²) in [7, 11) is 0. The number of rotatable bonds is 7. The van der Waals surface area contributed by atoms with Gasteiger partial charge in [-0.3, -0.25) is 0 Å². The molecule has 1 aromatic carbocycles. The second-order valence-corrected chi connectivity index (χ2v) is 6.24. The Hall–Kier alpha value is -0.0800. The van der Waals surface area contributed by atoms with E-state index >= 15 is 0 Å². The minimum atomic E-state index is 0.777. The van der Waals surface area contributed by atoms with Crippen LogP contribution in [0.1, 0.15) is 36.5 Å². The lowest BCUT2D eigenvalue weighted by Crippen LogP contribution is -2.05. The van der Waals surface area contributed by atoms with Gasteiger partial charge in [-0.25, -0.2) is 0 Å². The molecular formula is C15H24S2. The van der Waals surface area contributed by atoms with Crippen LogP contribution < -0.4 is 0 Å². The van der Waals surface area contributed by atoms with Crippen LogP contribution in [-0.4, -0.2) is 11.5 Å². The first-order valence-corrected chi connectivity index (χ1v) is 8.20. The van der Waals surface area contributed by atoms with E-state index in [1.165, 1.54) is 35.3 Å². The molecule has 0 spiro atoms. The maximum absolute atomic E-state index is 4.43. The normalized spacial score (nSPS) is 12.7. The molecular weight excluding hydrogens is 244 g/mol. The van der Waals surface area contributed by atoms with E-state index < -0.39 is 0 Å². The van der Waals surface area contributed by atoms with Gasteiger partial charge >= 0.3 is 0 Å². The molecule has 1 atom stereocenters. The predicted molar refractivity (Wildman–Crippen MR) is 84.3 cm³/mol. The van der Waals surface area contributed by atoms with Crippen LogP contribution in [0.3, 0.4) is 0 Å². The van der Waals surface area contributed by atoms with Gasteiger partial charge in [-0.2, -0.15) is 24.4 Å². The van der Waals surface area contributed by atoms with Crippen LogP contribution in [-0.2, 0) is 5.75 Å². The first-order valence-electron chi connectivity index (χ1n) is 6.41. The molecule has 1 aromatic rings. The fourth-order valence-corrected chi connectivity index (χ4v) is 3.76. The third-order valence-electron chi connectivity index (χ3n) is 2.86. The summed E-state index contributed by atoms with van der Waals surface area (Å²) in [6.07, 6.45) is 2.58. The van der Waals surface area contributed by atoms with Crippen LogP contribution in [0, 0.1) is 19.8 Å². The van der Waals surface area contributed by atoms with E-state index in [1.807, 2.05) is 11.8 Å². The van der Waals surface area contributed by atoms with E-state index in [2.05, 4.69) is 51.6 Å². The minimum Gasteiger partial charge on any atom is -0.179 e. The Morgan fingerprint density at radius 2 is 1.82 bits per heavy atom. The van der Waals surface area contributed by atoms with Crippen LogP contribution in [0.25, 0.3) is 0 Å². The van der Waals surface area contributed by atoms with Crippen LogP contribution in [0.15, 0.2) is 18.2 Å². The van der Waals surface area contributed by atoms with Crippen LogP contribution in [0.4, 0.5) is 0 Å². The molecule has 1 unspecified atom stereocenters. The van der Waals surface area contributed by atoms with Crippen LogP contribution >= 0.6 is 24.4 Å². The summed E-state index contributed by atoms with van der Waals surface area (Å²) < 4.78 is 0. The topological polar surface area (TPSA) is 0 Å². The van der Waals surface area contributed by atoms with Crippen LogP contribution in [0.2, 0.25) is 0 Å². The number of hydrogen-bond donors (Lipinski definition) is 1. The Balaban J connectivity index is 2.39. The summed E-state index contributed by atoms with van der Waals surface area (Å²) in [6, 6.07) is 6.84. The molecule has 0 aliphatic rings. The van der Waals surface area contributed by atoms with Gasteiger partial charge < -0.3 is 0 Å². The summed E-state index contributed by atoms with van der Waals surface area (Å²) in [6.45, 7) is 6.61. The molecule has 0 amide bonds. The van der Waals surface area contributed by atoms with Gasteiger partial charge in [0, 0.05) is 5.75 Å². The second-order valence-electron chi connectivity index (χ2n) is 4.85. The number of thiol groups is 1. The van der Waals surface area contributed by atoms with Gasteiger partial charge in [0.25, 0.3) is 0 Å². The van der Waals surface area contributed by atoms with E-state index in [9.17, 15) is 0 Å². The summed E-state index contributed by atoms with van der Waals surface area (Å²) in [4.78, 5) is 0. The highest BCUT2D eigenvalue weighted by Gasteiger charge is 2.05. The molecule has 0 N–H and O–H groups in total. The quantitative estimate of drug-likeness (QED) is 0.687. The lowest BCUT2D eigenvalue weighted by Gasteiger charge is -2.13. The molecule has 1 rings (SSSR count). The molecule has 96 valence electrons. The van der Waals surface area contributed by atoms with Gasteiger partial charge in [0.05, 0.1) is 0 Å². The number of hydrogen-bond acceptors (Lipinski definition) is 2. The standard InChI is InChI=1S/C15H24S2/c1-4-5-14(9-16)10-17-11-15-7-12(2)6-13(3)8-15/h6-8,14,16H,4-5,9-11H2,1-3H3. The minimum absolute atomic E-state index is 0.777. The Morgan fingerprint density at radius 3 is 2.35 bits per heavy atom. The fraction of sp³-hybridized carbons (Fsp3) is 0.600. The molecule has 0 fully saturated rings. The monoisotopic (exact) mass is 268 g/mol. The predicted octanol–water partition coefficient (Wildman–Crippen LogP) is 4.88. The molecule has 0 saturated carbocycles. The molecule has 0 bridgehead atoms. The summed E-state index contributed by atoms with van der Waals surface area (Å²) in [5.41, 5.74) is 4.21. The van der Waals surface area contributed by atoms with Crippen molar-refractivity contribution in [3.63, 3.8) is 0 Å². The van der Waals surface area contributed by atoms with Crippen LogP contribution in [0.5, 0.6) is 0 Å². The van der Waals surface area contributed by atoms with E-state index in [1.54, 1.807) is 0 Å². The van der Waals surface area contributed by atoms with Gasteiger partial charge in [-0.05, 0) is 43.3 Å². The maximum Gasteiger partial charge on any atom is 0.0184 e. The lowest BCUT2D eigenvalue weighted by atomic mass is 10.1. The average molecular weight is 268 g/mol. The zero-order valence-corrected chi connectivity index (χ0v) is 12.9. The Morgan fingerprint density at radius 1 is 1.18 bits per heavy atom. The largest absolute Gasteiger partial charge is 0.179 e. The van der Waals surface area contributed by atoms with Crippen molar-refractivity contribution in [3.05, 3.63) is 34.9 Å². The lowest BCUT2D eigenvalue weighted by molar-refractivity contribution is 0.595. The van der Waals surface area contributed by atoms with Crippen molar-refractivity contribution in [2.75, 3.05) is 11.5 Å². The summed E-state index contributed by atoms with van der Waals surface area (Å²) >= 11 is 6.48. The number of thioether (sulfide) groups is 1. The van der Waals surface area contributed by atoms with Gasteiger partial charge in [-0.15, -0.1) is 0 Å². The van der Waals surface area contributed by atoms with Gasteiger partial charge in [0.2, 0.25) is 0 Å². The Labute approximate surface area is 116 Å². The number of benzene rings is 1. The molecule has 0 saturated heterocycles. The molecule has 0 aliphatic heterocycles. The van der Waals surface area contributed by atoms with Gasteiger partial charge in [0.1, 0.15) is 0 Å². The summed E-state index contributed by atoms with van der Waals surface area (Å²) in [5.74, 6) is 4.17. The van der Waals surface area contributed by atoms with Crippen molar-refractivity contribution in [1.82, 2.24) is 0 Å². The smallest absolute Gasteiger partial charge is 0.0184 e. The van der Waals surface area contributed by atoms with Crippen molar-refractivity contribution in [2.45, 2.75) is 39.4 Å². The first-order chi connectivity index (χ1) is 8.15. The Bertz CT molecular complexity index is 313. The zero-order chi connectivity index (χ0) is 12.7. The molecule has 2 heteroatoms. The molecule has 0 radical (unpaired) electrons. The zero-order valence-electron chi connectivity index (χ0n) is 11.2. The molecule has 0 nitrogen and oxygen atoms in total. The van der Waals surface area contributed by atoms with Crippen molar-refractivity contribution in [3.8, 4) is 0 Å². The highest BCUT2D eigenvalue weighted by atomic mass is 32.2. The number of aryl methyl sites for hydroxylation is 2. The van der Waals surface area contributed by atoms with Crippen molar-refractivity contribution in [2.24, 2.45) is 5.92 Å². The van der Waals surface area contributed by atoms with Crippen molar-refractivity contribution >= 4 is 24.4 Å². The second kappa shape index (κ2) is 8.10. The average Bonchev–Trinajstić information content (AvgIpc) is 2.26. The maximum atomic E-state index is 4.43. The SMILES string of the molecule is CCCC(CS)CSCc1cc(C)cc(C)c1. The van der Waals surface area contributed by atoms with Crippen molar-refractivity contribution < 1.29 is 0 Å². The first kappa shape index (κ1) is 15.0. The third kappa shape index (κ3) is 5.87. The van der Waals surface area contributed by atoms with E-state index in [0.29, 0.717) is 0 Å².